The van der Waals surface area contributed by atoms with Gasteiger partial charge in [0.1, 0.15) is 16.7 Å². The van der Waals surface area contributed by atoms with Gasteiger partial charge in [0.05, 0.1) is 33.3 Å². The molecule has 0 amide bonds. The van der Waals surface area contributed by atoms with Crippen LogP contribution in [-0.4, -0.2) is 19.1 Å². The zero-order valence-electron chi connectivity index (χ0n) is 33.1. The highest BCUT2D eigenvalue weighted by Crippen LogP contribution is 2.49. The fraction of sp³-hybridized carbons (Fsp3) is 0. The first-order valence-corrected chi connectivity index (χ1v) is 20.9. The first kappa shape index (κ1) is 33.4. The number of rotatable bonds is 4. The summed E-state index contributed by atoms with van der Waals surface area (Å²) < 4.78 is 18.2. The lowest BCUT2D eigenvalue weighted by molar-refractivity contribution is 0.670. The Hall–Kier alpha value is -8.48. The van der Waals surface area contributed by atoms with Gasteiger partial charge in [-0.05, 0) is 54.1 Å². The molecule has 14 aromatic rings. The second kappa shape index (κ2) is 12.5. The van der Waals surface area contributed by atoms with Crippen LogP contribution in [0, 0.1) is 0 Å². The highest BCUT2D eigenvalue weighted by molar-refractivity contribution is 6.39. The van der Waals surface area contributed by atoms with Crippen LogP contribution in [0.2, 0.25) is 0 Å². The van der Waals surface area contributed by atoms with Crippen LogP contribution in [0.5, 0.6) is 0 Å². The predicted molar refractivity (Wildman–Crippen MR) is 254 cm³/mol. The molecule has 0 atom stereocenters. The zero-order valence-corrected chi connectivity index (χ0v) is 33.1. The molecule has 6 heteroatoms. The highest BCUT2D eigenvalue weighted by atomic mass is 16.3. The van der Waals surface area contributed by atoms with Crippen molar-refractivity contribution in [3.05, 3.63) is 194 Å². The van der Waals surface area contributed by atoms with Crippen molar-refractivity contribution in [2.45, 2.75) is 0 Å². The highest BCUT2D eigenvalue weighted by Gasteiger charge is 2.28. The van der Waals surface area contributed by atoms with Crippen molar-refractivity contribution in [3.8, 4) is 34.0 Å². The third kappa shape index (κ3) is 4.52. The van der Waals surface area contributed by atoms with E-state index in [-0.39, 0.29) is 0 Å². The zero-order chi connectivity index (χ0) is 40.5. The molecule has 0 fully saturated rings. The molecule has 0 radical (unpaired) electrons. The number of aromatic nitrogens is 4. The van der Waals surface area contributed by atoms with Gasteiger partial charge in [-0.2, -0.15) is 0 Å². The largest absolute Gasteiger partial charge is 0.455 e. The molecule has 9 aromatic carbocycles. The Labute approximate surface area is 353 Å². The van der Waals surface area contributed by atoms with Crippen molar-refractivity contribution in [1.29, 1.82) is 0 Å². The smallest absolute Gasteiger partial charge is 0.235 e. The number of para-hydroxylation sites is 7. The van der Waals surface area contributed by atoms with Gasteiger partial charge < -0.3 is 13.4 Å². The summed E-state index contributed by atoms with van der Waals surface area (Å²) in [7, 11) is 0. The molecule has 0 bridgehead atoms. The van der Waals surface area contributed by atoms with E-state index in [4.69, 9.17) is 18.8 Å². The second-order valence-electron chi connectivity index (χ2n) is 16.0. The molecule has 5 heterocycles. The molecule has 5 aromatic heterocycles. The molecule has 6 nitrogen and oxygen atoms in total. The van der Waals surface area contributed by atoms with Crippen LogP contribution < -0.4 is 0 Å². The third-order valence-electron chi connectivity index (χ3n) is 12.7. The minimum atomic E-state index is 0.597. The van der Waals surface area contributed by atoms with Crippen molar-refractivity contribution in [1.82, 2.24) is 19.1 Å². The summed E-state index contributed by atoms with van der Waals surface area (Å²) in [5.41, 5.74) is 13.5. The molecular weight excluding hydrogens is 761 g/mol. The standard InChI is InChI=1S/C56H32N4O2/c1-2-18-35(19-3-1)59-44-28-10-6-23-41(44)50-52-48(49-42-24-8-13-31-47(42)62-55(49)53(50)59)40-22-5-11-29-45(40)60(52)56-57-43-27-9-4-21-39(43)51(58-56)34-17-14-16-33(32-34)36-25-15-26-38-37-20-7-12-30-46(37)61-54(36)38/h1-32H. The van der Waals surface area contributed by atoms with E-state index in [0.29, 0.717) is 5.95 Å². The van der Waals surface area contributed by atoms with Gasteiger partial charge in [-0.25, -0.2) is 9.97 Å². The second-order valence-corrected chi connectivity index (χ2v) is 16.0. The Balaban J connectivity index is 1.12. The summed E-state index contributed by atoms with van der Waals surface area (Å²) in [6.07, 6.45) is 0. The predicted octanol–water partition coefficient (Wildman–Crippen LogP) is 15.0. The van der Waals surface area contributed by atoms with E-state index in [1.807, 2.05) is 18.2 Å². The maximum atomic E-state index is 6.99. The van der Waals surface area contributed by atoms with Gasteiger partial charge in [-0.3, -0.25) is 4.57 Å². The SMILES string of the molecule is c1ccc(-n2c3ccccc3c3c2c2oc4ccccc4c2c2c4ccccc4n(-c4nc(-c5cccc(-c6cccc7c6oc6ccccc67)c5)c5ccccc5n4)c23)cc1. The summed E-state index contributed by atoms with van der Waals surface area (Å²) in [4.78, 5) is 11.1. The Morgan fingerprint density at radius 3 is 1.79 bits per heavy atom. The maximum absolute atomic E-state index is 6.99. The Morgan fingerprint density at radius 1 is 0.371 bits per heavy atom. The van der Waals surface area contributed by atoms with E-state index >= 15 is 0 Å². The van der Waals surface area contributed by atoms with Crippen molar-refractivity contribution < 1.29 is 8.83 Å². The molecule has 0 N–H and O–H groups in total. The van der Waals surface area contributed by atoms with Gasteiger partial charge in [-0.15, -0.1) is 0 Å². The molecule has 0 aliphatic heterocycles. The lowest BCUT2D eigenvalue weighted by Crippen LogP contribution is -2.04. The summed E-state index contributed by atoms with van der Waals surface area (Å²) in [5.74, 6) is 0.597. The summed E-state index contributed by atoms with van der Waals surface area (Å²) >= 11 is 0. The summed E-state index contributed by atoms with van der Waals surface area (Å²) in [6, 6.07) is 67.9. The molecule has 14 rings (SSSR count). The van der Waals surface area contributed by atoms with Crippen molar-refractivity contribution >= 4 is 98.4 Å². The fourth-order valence-electron chi connectivity index (χ4n) is 10.1. The van der Waals surface area contributed by atoms with Crippen molar-refractivity contribution in [2.75, 3.05) is 0 Å². The number of fused-ring (bicyclic) bond motifs is 16. The molecule has 0 aliphatic carbocycles. The van der Waals surface area contributed by atoms with E-state index < -0.39 is 0 Å². The molecule has 0 spiro atoms. The minimum absolute atomic E-state index is 0.597. The van der Waals surface area contributed by atoms with Crippen LogP contribution >= 0.6 is 0 Å². The van der Waals surface area contributed by atoms with Gasteiger partial charge in [0, 0.05) is 65.3 Å². The summed E-state index contributed by atoms with van der Waals surface area (Å²) in [5, 5.41) is 9.76. The van der Waals surface area contributed by atoms with Crippen LogP contribution in [0.1, 0.15) is 0 Å². The Morgan fingerprint density at radius 2 is 0.968 bits per heavy atom. The van der Waals surface area contributed by atoms with Crippen molar-refractivity contribution in [2.24, 2.45) is 0 Å². The van der Waals surface area contributed by atoms with E-state index in [1.165, 1.54) is 0 Å². The minimum Gasteiger partial charge on any atom is -0.455 e. The van der Waals surface area contributed by atoms with E-state index in [9.17, 15) is 0 Å². The quantitative estimate of drug-likeness (QED) is 0.178. The van der Waals surface area contributed by atoms with E-state index in [2.05, 4.69) is 185 Å². The van der Waals surface area contributed by atoms with E-state index in [1.54, 1.807) is 0 Å². The van der Waals surface area contributed by atoms with Crippen LogP contribution in [0.3, 0.4) is 0 Å². The van der Waals surface area contributed by atoms with Gasteiger partial charge in [-0.1, -0.05) is 146 Å². The lowest BCUT2D eigenvalue weighted by Gasteiger charge is -2.13. The van der Waals surface area contributed by atoms with Crippen LogP contribution in [0.4, 0.5) is 0 Å². The molecule has 0 saturated heterocycles. The van der Waals surface area contributed by atoms with Gasteiger partial charge in [0.2, 0.25) is 5.95 Å². The number of benzene rings is 9. The van der Waals surface area contributed by atoms with Gasteiger partial charge >= 0.3 is 0 Å². The number of hydrogen-bond donors (Lipinski definition) is 0. The van der Waals surface area contributed by atoms with Gasteiger partial charge in [0.25, 0.3) is 0 Å². The number of hydrogen-bond acceptors (Lipinski definition) is 4. The molecule has 288 valence electrons. The molecular formula is C56H32N4O2. The Kier molecular flexibility index (Phi) is 6.74. The van der Waals surface area contributed by atoms with Gasteiger partial charge in [0.15, 0.2) is 5.58 Å². The topological polar surface area (TPSA) is 61.9 Å². The summed E-state index contributed by atoms with van der Waals surface area (Å²) in [6.45, 7) is 0. The first-order chi connectivity index (χ1) is 30.8. The molecule has 0 aliphatic rings. The van der Waals surface area contributed by atoms with Crippen LogP contribution in [-0.2, 0) is 0 Å². The van der Waals surface area contributed by atoms with Crippen LogP contribution in [0.25, 0.3) is 132 Å². The third-order valence-corrected chi connectivity index (χ3v) is 12.7. The lowest BCUT2D eigenvalue weighted by atomic mass is 9.98. The monoisotopic (exact) mass is 792 g/mol. The molecule has 0 unspecified atom stereocenters. The van der Waals surface area contributed by atoms with Crippen LogP contribution in [0.15, 0.2) is 203 Å². The maximum Gasteiger partial charge on any atom is 0.235 e. The average molecular weight is 793 g/mol. The van der Waals surface area contributed by atoms with Crippen molar-refractivity contribution in [3.63, 3.8) is 0 Å². The number of nitrogens with zero attached hydrogens (tertiary/aromatic N) is 4. The molecule has 0 saturated carbocycles. The van der Waals surface area contributed by atoms with E-state index in [0.717, 1.165) is 126 Å². The number of furan rings is 2. The average Bonchev–Trinajstić information content (AvgIpc) is 4.09. The molecule has 62 heavy (non-hydrogen) atoms. The normalized spacial score (nSPS) is 12.2. The fourth-order valence-corrected chi connectivity index (χ4v) is 10.1. The Bertz CT molecular complexity index is 4170. The first-order valence-electron chi connectivity index (χ1n) is 20.9.